The van der Waals surface area contributed by atoms with Crippen molar-refractivity contribution in [3.8, 4) is 0 Å². The van der Waals surface area contributed by atoms with Crippen LogP contribution in [-0.2, 0) is 24.9 Å². The molecule has 6 heteroatoms. The number of hydrogen-bond acceptors (Lipinski definition) is 3. The zero-order valence-electron chi connectivity index (χ0n) is 14.1. The lowest BCUT2D eigenvalue weighted by atomic mass is 9.95. The van der Waals surface area contributed by atoms with Crippen molar-refractivity contribution in [3.63, 3.8) is 0 Å². The first-order valence-electron chi connectivity index (χ1n) is 8.03. The monoisotopic (exact) mass is 333 g/mol. The topological polar surface area (TPSA) is 49.0 Å². The van der Waals surface area contributed by atoms with Crippen LogP contribution in [0.3, 0.4) is 0 Å². The lowest BCUT2D eigenvalue weighted by molar-refractivity contribution is 0.236. The first kappa shape index (κ1) is 16.8. The van der Waals surface area contributed by atoms with Crippen LogP contribution in [0.1, 0.15) is 43.4 Å². The van der Waals surface area contributed by atoms with Gasteiger partial charge in [-0.2, -0.15) is 0 Å². The molecule has 2 heterocycles. The summed E-state index contributed by atoms with van der Waals surface area (Å²) in [4.78, 5) is 21.8. The quantitative estimate of drug-likeness (QED) is 0.919. The minimum absolute atomic E-state index is 0.144. The molecule has 24 heavy (non-hydrogen) atoms. The summed E-state index contributed by atoms with van der Waals surface area (Å²) in [5, 5.41) is 0. The number of H-pyrrole nitrogens is 1. The molecule has 0 fully saturated rings. The fraction of sp³-hybridized carbons (Fsp3) is 0.444. The zero-order valence-corrected chi connectivity index (χ0v) is 14.1. The van der Waals surface area contributed by atoms with Crippen molar-refractivity contribution >= 4 is 0 Å². The van der Waals surface area contributed by atoms with E-state index in [-0.39, 0.29) is 17.5 Å². The van der Waals surface area contributed by atoms with Crippen LogP contribution in [0, 0.1) is 11.6 Å². The SMILES string of the molecule is CC(C)(C)c1nc2c(c(=O)[nH]1)CN(Cc1cccc(F)c1F)CC2. The molecule has 0 unspecified atom stereocenters. The Hall–Kier alpha value is -2.08. The molecule has 2 aromatic rings. The van der Waals surface area contributed by atoms with Crippen LogP contribution >= 0.6 is 0 Å². The van der Waals surface area contributed by atoms with E-state index >= 15 is 0 Å². The molecule has 1 aliphatic rings. The van der Waals surface area contributed by atoms with Gasteiger partial charge in [0.2, 0.25) is 0 Å². The molecule has 0 amide bonds. The van der Waals surface area contributed by atoms with E-state index < -0.39 is 11.6 Å². The van der Waals surface area contributed by atoms with E-state index in [1.54, 1.807) is 6.07 Å². The number of fused-ring (bicyclic) bond motifs is 1. The zero-order chi connectivity index (χ0) is 17.5. The van der Waals surface area contributed by atoms with Crippen LogP contribution in [0.4, 0.5) is 8.78 Å². The standard InChI is InChI=1S/C18H21F2N3O/c1-18(2,3)17-21-14-7-8-23(10-12(14)16(24)22-17)9-11-5-4-6-13(19)15(11)20/h4-6H,7-10H2,1-3H3,(H,21,22,24). The number of aromatic amines is 1. The van der Waals surface area contributed by atoms with Gasteiger partial charge in [-0.3, -0.25) is 9.69 Å². The van der Waals surface area contributed by atoms with Gasteiger partial charge in [0, 0.05) is 37.0 Å². The Morgan fingerprint density at radius 2 is 2.04 bits per heavy atom. The number of nitrogens with one attached hydrogen (secondary N) is 1. The number of rotatable bonds is 2. The average Bonchev–Trinajstić information content (AvgIpc) is 2.51. The van der Waals surface area contributed by atoms with E-state index in [0.717, 1.165) is 11.8 Å². The van der Waals surface area contributed by atoms with Crippen molar-refractivity contribution in [1.82, 2.24) is 14.9 Å². The van der Waals surface area contributed by atoms with E-state index in [2.05, 4.69) is 9.97 Å². The predicted octanol–water partition coefficient (Wildman–Crippen LogP) is 2.90. The second kappa shape index (κ2) is 6.09. The van der Waals surface area contributed by atoms with E-state index in [1.807, 2.05) is 25.7 Å². The minimum Gasteiger partial charge on any atom is -0.310 e. The van der Waals surface area contributed by atoms with Gasteiger partial charge >= 0.3 is 0 Å². The number of benzene rings is 1. The van der Waals surface area contributed by atoms with Crippen LogP contribution in [-0.4, -0.2) is 21.4 Å². The highest BCUT2D eigenvalue weighted by atomic mass is 19.2. The fourth-order valence-electron chi connectivity index (χ4n) is 2.88. The summed E-state index contributed by atoms with van der Waals surface area (Å²) in [5.74, 6) is -0.992. The van der Waals surface area contributed by atoms with Crippen molar-refractivity contribution in [2.24, 2.45) is 0 Å². The Morgan fingerprint density at radius 1 is 1.29 bits per heavy atom. The highest BCUT2D eigenvalue weighted by Crippen LogP contribution is 2.22. The lowest BCUT2D eigenvalue weighted by Gasteiger charge is -2.29. The van der Waals surface area contributed by atoms with Gasteiger partial charge in [-0.05, 0) is 6.07 Å². The molecule has 1 aromatic heterocycles. The van der Waals surface area contributed by atoms with Gasteiger partial charge in [0.25, 0.3) is 5.56 Å². The number of hydrogen-bond donors (Lipinski definition) is 1. The lowest BCUT2D eigenvalue weighted by Crippen LogP contribution is -2.37. The first-order valence-corrected chi connectivity index (χ1v) is 8.03. The molecule has 0 aliphatic carbocycles. The van der Waals surface area contributed by atoms with Gasteiger partial charge in [0.05, 0.1) is 11.3 Å². The molecule has 3 rings (SSSR count). The van der Waals surface area contributed by atoms with Crippen molar-refractivity contribution in [3.05, 3.63) is 62.8 Å². The van der Waals surface area contributed by atoms with Gasteiger partial charge in [-0.1, -0.05) is 32.9 Å². The Morgan fingerprint density at radius 3 is 2.75 bits per heavy atom. The number of aromatic nitrogens is 2. The predicted molar refractivity (Wildman–Crippen MR) is 87.7 cm³/mol. The third kappa shape index (κ3) is 3.24. The maximum Gasteiger partial charge on any atom is 0.255 e. The Labute approximate surface area is 139 Å². The molecule has 1 aliphatic heterocycles. The largest absolute Gasteiger partial charge is 0.310 e. The Balaban J connectivity index is 1.85. The van der Waals surface area contributed by atoms with Crippen molar-refractivity contribution < 1.29 is 8.78 Å². The molecule has 0 radical (unpaired) electrons. The Kier molecular flexibility index (Phi) is 4.25. The molecule has 1 N–H and O–H groups in total. The van der Waals surface area contributed by atoms with Crippen LogP contribution in [0.15, 0.2) is 23.0 Å². The second-order valence-corrected chi connectivity index (χ2v) is 7.26. The summed E-state index contributed by atoms with van der Waals surface area (Å²) in [6.07, 6.45) is 0.624. The summed E-state index contributed by atoms with van der Waals surface area (Å²) < 4.78 is 27.2. The van der Waals surface area contributed by atoms with Gasteiger partial charge in [-0.15, -0.1) is 0 Å². The molecular formula is C18H21F2N3O. The van der Waals surface area contributed by atoms with Crippen LogP contribution in [0.2, 0.25) is 0 Å². The smallest absolute Gasteiger partial charge is 0.255 e. The van der Waals surface area contributed by atoms with E-state index in [9.17, 15) is 13.6 Å². The molecule has 1 aromatic carbocycles. The summed E-state index contributed by atoms with van der Waals surface area (Å²) >= 11 is 0. The third-order valence-corrected chi connectivity index (χ3v) is 4.28. The maximum atomic E-state index is 13.8. The molecule has 0 spiro atoms. The van der Waals surface area contributed by atoms with Crippen molar-refractivity contribution in [2.75, 3.05) is 6.54 Å². The summed E-state index contributed by atoms with van der Waals surface area (Å²) in [6.45, 7) is 7.31. The van der Waals surface area contributed by atoms with Crippen LogP contribution in [0.5, 0.6) is 0 Å². The van der Waals surface area contributed by atoms with Crippen molar-refractivity contribution in [2.45, 2.75) is 45.7 Å². The molecule has 0 saturated heterocycles. The Bertz CT molecular complexity index is 824. The first-order chi connectivity index (χ1) is 11.3. The van der Waals surface area contributed by atoms with Crippen LogP contribution < -0.4 is 5.56 Å². The molecule has 128 valence electrons. The number of nitrogens with zero attached hydrogens (tertiary/aromatic N) is 2. The molecular weight excluding hydrogens is 312 g/mol. The van der Waals surface area contributed by atoms with Gasteiger partial charge in [-0.25, -0.2) is 13.8 Å². The van der Waals surface area contributed by atoms with Gasteiger partial charge in [0.15, 0.2) is 11.6 Å². The molecule has 0 atom stereocenters. The highest BCUT2D eigenvalue weighted by Gasteiger charge is 2.25. The third-order valence-electron chi connectivity index (χ3n) is 4.28. The summed E-state index contributed by atoms with van der Waals surface area (Å²) in [5.41, 5.74) is 1.35. The maximum absolute atomic E-state index is 13.8. The normalized spacial score (nSPS) is 15.4. The summed E-state index contributed by atoms with van der Waals surface area (Å²) in [6, 6.07) is 4.17. The second-order valence-electron chi connectivity index (χ2n) is 7.26. The van der Waals surface area contributed by atoms with Gasteiger partial charge in [0.1, 0.15) is 5.82 Å². The fourth-order valence-corrected chi connectivity index (χ4v) is 2.88. The molecule has 0 saturated carbocycles. The molecule has 0 bridgehead atoms. The average molecular weight is 333 g/mol. The van der Waals surface area contributed by atoms with Crippen LogP contribution in [0.25, 0.3) is 0 Å². The minimum atomic E-state index is -0.848. The van der Waals surface area contributed by atoms with E-state index in [0.29, 0.717) is 36.5 Å². The summed E-state index contributed by atoms with van der Waals surface area (Å²) in [7, 11) is 0. The molecule has 4 nitrogen and oxygen atoms in total. The van der Waals surface area contributed by atoms with Crippen molar-refractivity contribution in [1.29, 1.82) is 0 Å². The number of halogens is 2. The van der Waals surface area contributed by atoms with E-state index in [4.69, 9.17) is 0 Å². The highest BCUT2D eigenvalue weighted by molar-refractivity contribution is 5.24. The van der Waals surface area contributed by atoms with Gasteiger partial charge < -0.3 is 4.98 Å². The van der Waals surface area contributed by atoms with E-state index in [1.165, 1.54) is 6.07 Å².